The van der Waals surface area contributed by atoms with Gasteiger partial charge in [-0.25, -0.2) is 4.39 Å². The SMILES string of the molecule is O=C(Cc1ccc(F)cc1)Nc1cccc(-c2noc(C3CC3)n2)c1. The van der Waals surface area contributed by atoms with Crippen LogP contribution in [0.15, 0.2) is 53.1 Å². The van der Waals surface area contributed by atoms with Gasteiger partial charge in [0.1, 0.15) is 5.82 Å². The summed E-state index contributed by atoms with van der Waals surface area (Å²) in [5.41, 5.74) is 2.19. The van der Waals surface area contributed by atoms with Crippen molar-refractivity contribution in [3.8, 4) is 11.4 Å². The fourth-order valence-electron chi connectivity index (χ4n) is 2.58. The normalized spacial score (nSPS) is 13.6. The lowest BCUT2D eigenvalue weighted by Gasteiger charge is -2.06. The molecule has 1 aromatic heterocycles. The summed E-state index contributed by atoms with van der Waals surface area (Å²) in [5.74, 6) is 1.12. The Balaban J connectivity index is 1.45. The molecule has 0 spiro atoms. The molecule has 5 nitrogen and oxygen atoms in total. The summed E-state index contributed by atoms with van der Waals surface area (Å²) in [4.78, 5) is 16.6. The molecule has 3 aromatic rings. The molecule has 1 fully saturated rings. The van der Waals surface area contributed by atoms with E-state index in [-0.39, 0.29) is 18.1 Å². The average molecular weight is 337 g/mol. The third kappa shape index (κ3) is 3.74. The maximum atomic E-state index is 12.9. The molecule has 25 heavy (non-hydrogen) atoms. The molecular weight excluding hydrogens is 321 g/mol. The van der Waals surface area contributed by atoms with Gasteiger partial charge < -0.3 is 9.84 Å². The van der Waals surface area contributed by atoms with Crippen LogP contribution in [-0.4, -0.2) is 16.0 Å². The van der Waals surface area contributed by atoms with E-state index in [1.54, 1.807) is 18.2 Å². The lowest BCUT2D eigenvalue weighted by Crippen LogP contribution is -2.14. The van der Waals surface area contributed by atoms with Crippen molar-refractivity contribution in [2.24, 2.45) is 0 Å². The zero-order valence-electron chi connectivity index (χ0n) is 13.4. The highest BCUT2D eigenvalue weighted by atomic mass is 19.1. The predicted molar refractivity (Wildman–Crippen MR) is 90.4 cm³/mol. The molecule has 1 saturated carbocycles. The number of hydrogen-bond donors (Lipinski definition) is 1. The molecule has 0 radical (unpaired) electrons. The quantitative estimate of drug-likeness (QED) is 0.766. The van der Waals surface area contributed by atoms with Crippen molar-refractivity contribution in [1.29, 1.82) is 0 Å². The minimum absolute atomic E-state index is 0.171. The van der Waals surface area contributed by atoms with Crippen molar-refractivity contribution in [1.82, 2.24) is 10.1 Å². The van der Waals surface area contributed by atoms with E-state index in [4.69, 9.17) is 4.52 Å². The van der Waals surface area contributed by atoms with Crippen LogP contribution in [0, 0.1) is 5.82 Å². The first kappa shape index (κ1) is 15.5. The first-order chi connectivity index (χ1) is 12.2. The van der Waals surface area contributed by atoms with Gasteiger partial charge in [-0.15, -0.1) is 0 Å². The number of anilines is 1. The summed E-state index contributed by atoms with van der Waals surface area (Å²) in [7, 11) is 0. The standard InChI is InChI=1S/C19H16FN3O2/c20-15-8-4-12(5-9-15)10-17(24)21-16-3-1-2-14(11-16)18-22-19(25-23-18)13-6-7-13/h1-5,8-9,11,13H,6-7,10H2,(H,21,24). The Hall–Kier alpha value is -3.02. The number of nitrogens with zero attached hydrogens (tertiary/aromatic N) is 2. The Bertz CT molecular complexity index is 901. The maximum absolute atomic E-state index is 12.9. The second-order valence-electron chi connectivity index (χ2n) is 6.16. The van der Waals surface area contributed by atoms with Gasteiger partial charge in [-0.2, -0.15) is 4.98 Å². The van der Waals surface area contributed by atoms with Crippen LogP contribution in [0.3, 0.4) is 0 Å². The monoisotopic (exact) mass is 337 g/mol. The maximum Gasteiger partial charge on any atom is 0.230 e. The van der Waals surface area contributed by atoms with Gasteiger partial charge in [0.2, 0.25) is 17.6 Å². The summed E-state index contributed by atoms with van der Waals surface area (Å²) >= 11 is 0. The van der Waals surface area contributed by atoms with E-state index in [1.807, 2.05) is 18.2 Å². The topological polar surface area (TPSA) is 68.0 Å². The van der Waals surface area contributed by atoms with Crippen LogP contribution in [0.4, 0.5) is 10.1 Å². The van der Waals surface area contributed by atoms with Crippen molar-refractivity contribution in [2.75, 3.05) is 5.32 Å². The number of nitrogens with one attached hydrogen (secondary N) is 1. The third-order valence-corrected chi connectivity index (χ3v) is 4.05. The highest BCUT2D eigenvalue weighted by Gasteiger charge is 2.29. The second kappa shape index (κ2) is 6.47. The predicted octanol–water partition coefficient (Wildman–Crippen LogP) is 3.93. The molecule has 2 aromatic carbocycles. The first-order valence-electron chi connectivity index (χ1n) is 8.16. The van der Waals surface area contributed by atoms with Crippen LogP contribution < -0.4 is 5.32 Å². The Labute approximate surface area is 143 Å². The van der Waals surface area contributed by atoms with E-state index in [0.717, 1.165) is 24.0 Å². The lowest BCUT2D eigenvalue weighted by molar-refractivity contribution is -0.115. The first-order valence-corrected chi connectivity index (χ1v) is 8.16. The molecule has 4 rings (SSSR count). The van der Waals surface area contributed by atoms with Gasteiger partial charge in [0, 0.05) is 17.2 Å². The van der Waals surface area contributed by atoms with Crippen molar-refractivity contribution in [3.63, 3.8) is 0 Å². The van der Waals surface area contributed by atoms with E-state index in [1.165, 1.54) is 12.1 Å². The highest BCUT2D eigenvalue weighted by molar-refractivity contribution is 5.92. The fraction of sp³-hybridized carbons (Fsp3) is 0.211. The van der Waals surface area contributed by atoms with Gasteiger partial charge in [0.05, 0.1) is 6.42 Å². The van der Waals surface area contributed by atoms with Crippen LogP contribution >= 0.6 is 0 Å². The minimum atomic E-state index is -0.317. The lowest BCUT2D eigenvalue weighted by atomic mass is 10.1. The highest BCUT2D eigenvalue weighted by Crippen LogP contribution is 2.39. The average Bonchev–Trinajstić information content (AvgIpc) is 3.34. The number of aromatic nitrogens is 2. The summed E-state index contributed by atoms with van der Waals surface area (Å²) in [6.07, 6.45) is 2.38. The molecule has 1 N–H and O–H groups in total. The molecule has 0 atom stereocenters. The summed E-state index contributed by atoms with van der Waals surface area (Å²) in [6.45, 7) is 0. The molecule has 126 valence electrons. The number of carbonyl (C=O) groups excluding carboxylic acids is 1. The van der Waals surface area contributed by atoms with Crippen molar-refractivity contribution in [3.05, 3.63) is 65.8 Å². The number of carbonyl (C=O) groups is 1. The van der Waals surface area contributed by atoms with Gasteiger partial charge in [0.15, 0.2) is 0 Å². The molecule has 6 heteroatoms. The van der Waals surface area contributed by atoms with E-state index in [9.17, 15) is 9.18 Å². The molecule has 0 unspecified atom stereocenters. The van der Waals surface area contributed by atoms with Crippen molar-refractivity contribution >= 4 is 11.6 Å². The van der Waals surface area contributed by atoms with Crippen LogP contribution in [0.5, 0.6) is 0 Å². The van der Waals surface area contributed by atoms with Crippen LogP contribution in [0.25, 0.3) is 11.4 Å². The Kier molecular flexibility index (Phi) is 4.01. The molecule has 1 aliphatic carbocycles. The smallest absolute Gasteiger partial charge is 0.230 e. The Morgan fingerprint density at radius 3 is 2.76 bits per heavy atom. The zero-order valence-corrected chi connectivity index (χ0v) is 13.4. The van der Waals surface area contributed by atoms with Gasteiger partial charge in [-0.3, -0.25) is 4.79 Å². The molecule has 1 amide bonds. The molecule has 0 aliphatic heterocycles. The largest absolute Gasteiger partial charge is 0.339 e. The summed E-state index contributed by atoms with van der Waals surface area (Å²) in [6, 6.07) is 13.2. The number of rotatable bonds is 5. The molecule has 0 saturated heterocycles. The van der Waals surface area contributed by atoms with E-state index >= 15 is 0 Å². The number of hydrogen-bond acceptors (Lipinski definition) is 4. The second-order valence-corrected chi connectivity index (χ2v) is 6.16. The van der Waals surface area contributed by atoms with E-state index in [0.29, 0.717) is 23.3 Å². The van der Waals surface area contributed by atoms with Crippen molar-refractivity contribution < 1.29 is 13.7 Å². The number of halogens is 1. The summed E-state index contributed by atoms with van der Waals surface area (Å²) in [5, 5.41) is 6.85. The molecule has 0 bridgehead atoms. The molecule has 1 aliphatic rings. The van der Waals surface area contributed by atoms with E-state index < -0.39 is 0 Å². The van der Waals surface area contributed by atoms with Gasteiger partial charge >= 0.3 is 0 Å². The van der Waals surface area contributed by atoms with Crippen LogP contribution in [-0.2, 0) is 11.2 Å². The van der Waals surface area contributed by atoms with Crippen LogP contribution in [0.1, 0.15) is 30.2 Å². The molecule has 1 heterocycles. The third-order valence-electron chi connectivity index (χ3n) is 4.05. The number of amides is 1. The van der Waals surface area contributed by atoms with E-state index in [2.05, 4.69) is 15.5 Å². The van der Waals surface area contributed by atoms with Gasteiger partial charge in [-0.05, 0) is 42.7 Å². The van der Waals surface area contributed by atoms with Crippen LogP contribution in [0.2, 0.25) is 0 Å². The Morgan fingerprint density at radius 2 is 2.00 bits per heavy atom. The number of benzene rings is 2. The fourth-order valence-corrected chi connectivity index (χ4v) is 2.58. The van der Waals surface area contributed by atoms with Gasteiger partial charge in [0.25, 0.3) is 0 Å². The minimum Gasteiger partial charge on any atom is -0.339 e. The zero-order chi connectivity index (χ0) is 17.2. The summed E-state index contributed by atoms with van der Waals surface area (Å²) < 4.78 is 18.2. The Morgan fingerprint density at radius 1 is 1.20 bits per heavy atom. The van der Waals surface area contributed by atoms with Gasteiger partial charge in [-0.1, -0.05) is 29.4 Å². The molecular formula is C19H16FN3O2. The van der Waals surface area contributed by atoms with Crippen molar-refractivity contribution in [2.45, 2.75) is 25.2 Å².